The van der Waals surface area contributed by atoms with Gasteiger partial charge in [0, 0.05) is 11.8 Å². The highest BCUT2D eigenvalue weighted by Gasteiger charge is 2.19. The van der Waals surface area contributed by atoms with E-state index < -0.39 is 5.97 Å². The number of oxazole rings is 1. The third-order valence-corrected chi connectivity index (χ3v) is 3.66. The molecule has 0 atom stereocenters. The average Bonchev–Trinajstić information content (AvgIpc) is 3.17. The molecule has 106 valence electrons. The van der Waals surface area contributed by atoms with Crippen molar-refractivity contribution in [2.24, 2.45) is 0 Å². The first-order valence-corrected chi connectivity index (χ1v) is 7.17. The second-order valence-corrected chi connectivity index (χ2v) is 5.41. The lowest BCUT2D eigenvalue weighted by molar-refractivity contribution is 0.0471. The summed E-state index contributed by atoms with van der Waals surface area (Å²) in [4.78, 5) is 20.9. The van der Waals surface area contributed by atoms with Gasteiger partial charge in [-0.05, 0) is 6.92 Å². The van der Waals surface area contributed by atoms with Crippen molar-refractivity contribution < 1.29 is 13.9 Å². The standard InChI is InChI=1S/C15H12N2O3S/c1-10-2-4-11(5-3-10)14-13(17-8-20-14)15(18)19-7-12-6-16-9-21-12/h2-6,8-9H,7H2,1H3. The van der Waals surface area contributed by atoms with Crippen molar-refractivity contribution in [3.8, 4) is 11.3 Å². The molecule has 3 aromatic rings. The second kappa shape index (κ2) is 5.88. The summed E-state index contributed by atoms with van der Waals surface area (Å²) in [6.07, 6.45) is 2.92. The number of thiazole rings is 1. The van der Waals surface area contributed by atoms with E-state index in [0.29, 0.717) is 5.76 Å². The van der Waals surface area contributed by atoms with Crippen LogP contribution in [-0.4, -0.2) is 15.9 Å². The maximum atomic E-state index is 12.1. The summed E-state index contributed by atoms with van der Waals surface area (Å²) in [7, 11) is 0. The van der Waals surface area contributed by atoms with Crippen molar-refractivity contribution >= 4 is 17.3 Å². The molecule has 2 heterocycles. The summed E-state index contributed by atoms with van der Waals surface area (Å²) < 4.78 is 10.6. The maximum absolute atomic E-state index is 12.1. The Hall–Kier alpha value is -2.47. The van der Waals surface area contributed by atoms with Crippen LogP contribution in [0.5, 0.6) is 0 Å². The highest BCUT2D eigenvalue weighted by molar-refractivity contribution is 7.09. The Labute approximate surface area is 125 Å². The van der Waals surface area contributed by atoms with Gasteiger partial charge < -0.3 is 9.15 Å². The van der Waals surface area contributed by atoms with Crippen molar-refractivity contribution in [3.05, 3.63) is 58.5 Å². The van der Waals surface area contributed by atoms with Crippen LogP contribution in [0.3, 0.4) is 0 Å². The fraction of sp³-hybridized carbons (Fsp3) is 0.133. The van der Waals surface area contributed by atoms with Crippen molar-refractivity contribution in [1.82, 2.24) is 9.97 Å². The van der Waals surface area contributed by atoms with Crippen molar-refractivity contribution in [3.63, 3.8) is 0 Å². The summed E-state index contributed by atoms with van der Waals surface area (Å²) >= 11 is 1.43. The molecule has 0 unspecified atom stereocenters. The number of aromatic nitrogens is 2. The van der Waals surface area contributed by atoms with Crippen LogP contribution in [0.1, 0.15) is 20.9 Å². The number of hydrogen-bond acceptors (Lipinski definition) is 6. The van der Waals surface area contributed by atoms with E-state index >= 15 is 0 Å². The lowest BCUT2D eigenvalue weighted by Gasteiger charge is -2.03. The monoisotopic (exact) mass is 300 g/mol. The minimum Gasteiger partial charge on any atom is -0.455 e. The number of carbonyl (C=O) groups is 1. The second-order valence-electron chi connectivity index (χ2n) is 4.44. The zero-order valence-corrected chi connectivity index (χ0v) is 12.1. The molecule has 2 aromatic heterocycles. The van der Waals surface area contributed by atoms with E-state index in [1.165, 1.54) is 17.7 Å². The molecule has 0 bridgehead atoms. The molecule has 0 amide bonds. The number of ether oxygens (including phenoxy) is 1. The number of benzene rings is 1. The number of aryl methyl sites for hydroxylation is 1. The smallest absolute Gasteiger partial charge is 0.361 e. The van der Waals surface area contributed by atoms with E-state index in [1.54, 1.807) is 11.7 Å². The zero-order chi connectivity index (χ0) is 14.7. The van der Waals surface area contributed by atoms with Gasteiger partial charge in [-0.3, -0.25) is 4.98 Å². The first-order valence-electron chi connectivity index (χ1n) is 6.29. The van der Waals surface area contributed by atoms with Crippen LogP contribution in [0.2, 0.25) is 0 Å². The van der Waals surface area contributed by atoms with Crippen LogP contribution in [-0.2, 0) is 11.3 Å². The fourth-order valence-corrected chi connectivity index (χ4v) is 2.33. The molecule has 0 aliphatic heterocycles. The molecule has 0 N–H and O–H groups in total. The number of nitrogens with zero attached hydrogens (tertiary/aromatic N) is 2. The quantitative estimate of drug-likeness (QED) is 0.690. The minimum absolute atomic E-state index is 0.184. The summed E-state index contributed by atoms with van der Waals surface area (Å²) in [5, 5.41) is 0. The van der Waals surface area contributed by atoms with Gasteiger partial charge in [-0.2, -0.15) is 0 Å². The van der Waals surface area contributed by atoms with Crippen molar-refractivity contribution in [2.75, 3.05) is 0 Å². The molecule has 0 radical (unpaired) electrons. The molecule has 0 aliphatic carbocycles. The SMILES string of the molecule is Cc1ccc(-c2ocnc2C(=O)OCc2cncs2)cc1. The van der Waals surface area contributed by atoms with Crippen molar-refractivity contribution in [2.45, 2.75) is 13.5 Å². The summed E-state index contributed by atoms with van der Waals surface area (Å²) in [5.74, 6) is -0.0861. The number of rotatable bonds is 4. The molecule has 0 spiro atoms. The van der Waals surface area contributed by atoms with E-state index in [9.17, 15) is 4.79 Å². The third kappa shape index (κ3) is 3.00. The summed E-state index contributed by atoms with van der Waals surface area (Å²) in [6.45, 7) is 2.18. The maximum Gasteiger partial charge on any atom is 0.361 e. The van der Waals surface area contributed by atoms with Gasteiger partial charge in [0.05, 0.1) is 10.4 Å². The lowest BCUT2D eigenvalue weighted by atomic mass is 10.1. The van der Waals surface area contributed by atoms with Crippen LogP contribution in [0.25, 0.3) is 11.3 Å². The molecule has 21 heavy (non-hydrogen) atoms. The van der Waals surface area contributed by atoms with E-state index in [1.807, 2.05) is 31.2 Å². The van der Waals surface area contributed by atoms with Crippen LogP contribution in [0.15, 0.2) is 46.8 Å². The first kappa shape index (κ1) is 13.5. The van der Waals surface area contributed by atoms with Gasteiger partial charge in [0.15, 0.2) is 17.8 Å². The minimum atomic E-state index is -0.507. The van der Waals surface area contributed by atoms with E-state index in [4.69, 9.17) is 9.15 Å². The Morgan fingerprint density at radius 2 is 2.14 bits per heavy atom. The summed E-state index contributed by atoms with van der Waals surface area (Å²) in [6, 6.07) is 7.67. The molecular formula is C15H12N2O3S. The zero-order valence-electron chi connectivity index (χ0n) is 11.3. The largest absolute Gasteiger partial charge is 0.455 e. The van der Waals surface area contributed by atoms with E-state index in [0.717, 1.165) is 16.0 Å². The van der Waals surface area contributed by atoms with Crippen LogP contribution < -0.4 is 0 Å². The van der Waals surface area contributed by atoms with Crippen LogP contribution >= 0.6 is 11.3 Å². The van der Waals surface area contributed by atoms with Gasteiger partial charge >= 0.3 is 5.97 Å². The predicted molar refractivity (Wildman–Crippen MR) is 77.9 cm³/mol. The molecule has 6 heteroatoms. The Balaban J connectivity index is 1.78. The molecule has 3 rings (SSSR count). The van der Waals surface area contributed by atoms with Gasteiger partial charge in [0.25, 0.3) is 0 Å². The highest BCUT2D eigenvalue weighted by atomic mass is 32.1. The Morgan fingerprint density at radius 1 is 1.33 bits per heavy atom. The molecule has 0 saturated heterocycles. The van der Waals surface area contributed by atoms with Crippen LogP contribution in [0.4, 0.5) is 0 Å². The van der Waals surface area contributed by atoms with Gasteiger partial charge in [0.1, 0.15) is 6.61 Å². The fourth-order valence-electron chi connectivity index (χ4n) is 1.82. The third-order valence-electron chi connectivity index (χ3n) is 2.90. The topological polar surface area (TPSA) is 65.2 Å². The number of carbonyl (C=O) groups excluding carboxylic acids is 1. The van der Waals surface area contributed by atoms with Gasteiger partial charge in [-0.15, -0.1) is 11.3 Å². The average molecular weight is 300 g/mol. The molecule has 0 aliphatic rings. The Kier molecular flexibility index (Phi) is 3.79. The Morgan fingerprint density at radius 3 is 2.86 bits per heavy atom. The van der Waals surface area contributed by atoms with E-state index in [2.05, 4.69) is 9.97 Å². The van der Waals surface area contributed by atoms with Crippen molar-refractivity contribution in [1.29, 1.82) is 0 Å². The van der Waals surface area contributed by atoms with Crippen LogP contribution in [0, 0.1) is 6.92 Å². The molecule has 1 aromatic carbocycles. The number of esters is 1. The molecule has 5 nitrogen and oxygen atoms in total. The highest BCUT2D eigenvalue weighted by Crippen LogP contribution is 2.24. The van der Waals surface area contributed by atoms with Gasteiger partial charge in [0.2, 0.25) is 0 Å². The predicted octanol–water partition coefficient (Wildman–Crippen LogP) is 3.46. The Bertz CT molecular complexity index is 733. The lowest BCUT2D eigenvalue weighted by Crippen LogP contribution is -2.06. The van der Waals surface area contributed by atoms with E-state index in [-0.39, 0.29) is 12.3 Å². The molecule has 0 fully saturated rings. The summed E-state index contributed by atoms with van der Waals surface area (Å²) in [5.41, 5.74) is 3.80. The van der Waals surface area contributed by atoms with Gasteiger partial charge in [-0.25, -0.2) is 9.78 Å². The molecule has 0 saturated carbocycles. The normalized spacial score (nSPS) is 10.5. The van der Waals surface area contributed by atoms with Gasteiger partial charge in [-0.1, -0.05) is 29.8 Å². The number of hydrogen-bond donors (Lipinski definition) is 0. The first-order chi connectivity index (χ1) is 10.2. The molecular weight excluding hydrogens is 288 g/mol.